The molecule has 14 heavy (non-hydrogen) atoms. The Morgan fingerprint density at radius 2 is 1.79 bits per heavy atom. The van der Waals surface area contributed by atoms with Crippen LogP contribution in [0, 0.1) is 0 Å². The average Bonchev–Trinajstić information content (AvgIpc) is 2.26. The maximum Gasteiger partial charge on any atom is 0.0642 e. The van der Waals surface area contributed by atoms with Crippen LogP contribution in [0.1, 0.15) is 19.4 Å². The number of rotatable bonds is 3. The van der Waals surface area contributed by atoms with Crippen molar-refractivity contribution in [2.45, 2.75) is 13.8 Å². The number of hydrogen-bond donors (Lipinski definition) is 1. The van der Waals surface area contributed by atoms with Gasteiger partial charge in [-0.25, -0.2) is 0 Å². The Morgan fingerprint density at radius 3 is 2.36 bits per heavy atom. The lowest BCUT2D eigenvalue weighted by molar-refractivity contribution is 0.331. The number of hydrogen-bond acceptors (Lipinski definition) is 1. The van der Waals surface area contributed by atoms with Crippen molar-refractivity contribution < 1.29 is 5.11 Å². The van der Waals surface area contributed by atoms with Crippen LogP contribution in [0.5, 0.6) is 0 Å². The molecule has 1 aromatic rings. The molecule has 0 atom stereocenters. The molecule has 0 radical (unpaired) electrons. The minimum absolute atomic E-state index is 0.124. The van der Waals surface area contributed by atoms with Gasteiger partial charge < -0.3 is 5.11 Å². The first kappa shape index (κ1) is 10.7. The average molecular weight is 188 g/mol. The third kappa shape index (κ3) is 3.19. The van der Waals surface area contributed by atoms with Crippen molar-refractivity contribution in [3.8, 4) is 0 Å². The first-order valence-corrected chi connectivity index (χ1v) is 4.74. The molecule has 74 valence electrons. The predicted molar refractivity (Wildman–Crippen MR) is 60.9 cm³/mol. The summed E-state index contributed by atoms with van der Waals surface area (Å²) >= 11 is 0. The first-order chi connectivity index (χ1) is 6.74. The smallest absolute Gasteiger partial charge is 0.0642 e. The molecule has 0 saturated carbocycles. The van der Waals surface area contributed by atoms with Crippen molar-refractivity contribution in [2.24, 2.45) is 0 Å². The van der Waals surface area contributed by atoms with Gasteiger partial charge in [0.2, 0.25) is 0 Å². The molecule has 0 aromatic heterocycles. The molecule has 0 aliphatic rings. The highest BCUT2D eigenvalue weighted by molar-refractivity contribution is 5.65. The number of benzene rings is 1. The molecule has 0 amide bonds. The molecular formula is C13H16O. The quantitative estimate of drug-likeness (QED) is 0.723. The molecule has 0 fully saturated rings. The molecule has 0 bridgehead atoms. The lowest BCUT2D eigenvalue weighted by atomic mass is 10.1. The van der Waals surface area contributed by atoms with Gasteiger partial charge in [0, 0.05) is 0 Å². The molecule has 0 unspecified atom stereocenters. The van der Waals surface area contributed by atoms with E-state index < -0.39 is 0 Å². The van der Waals surface area contributed by atoms with Gasteiger partial charge in [0.05, 0.1) is 6.61 Å². The molecule has 0 aliphatic heterocycles. The summed E-state index contributed by atoms with van der Waals surface area (Å²) in [5.74, 6) is 0. The van der Waals surface area contributed by atoms with Gasteiger partial charge in [-0.3, -0.25) is 0 Å². The maximum atomic E-state index is 8.82. The van der Waals surface area contributed by atoms with Gasteiger partial charge in [-0.1, -0.05) is 42.5 Å². The Kier molecular flexibility index (Phi) is 4.14. The van der Waals surface area contributed by atoms with E-state index in [0.29, 0.717) is 0 Å². The van der Waals surface area contributed by atoms with Crippen LogP contribution in [0.3, 0.4) is 0 Å². The number of aliphatic hydroxyl groups excluding tert-OH is 1. The Labute approximate surface area is 85.4 Å². The summed E-state index contributed by atoms with van der Waals surface area (Å²) in [4.78, 5) is 0. The molecule has 1 heteroatoms. The second-order valence-corrected chi connectivity index (χ2v) is 3.39. The molecule has 1 aromatic carbocycles. The van der Waals surface area contributed by atoms with Crippen molar-refractivity contribution in [3.63, 3.8) is 0 Å². The zero-order valence-corrected chi connectivity index (χ0v) is 8.70. The van der Waals surface area contributed by atoms with Crippen molar-refractivity contribution in [3.05, 3.63) is 53.6 Å². The summed E-state index contributed by atoms with van der Waals surface area (Å²) in [6.45, 7) is 4.10. The fourth-order valence-corrected chi connectivity index (χ4v) is 1.12. The van der Waals surface area contributed by atoms with Crippen LogP contribution in [0.15, 0.2) is 48.1 Å². The molecule has 1 nitrogen and oxygen atoms in total. The molecule has 0 spiro atoms. The lowest BCUT2D eigenvalue weighted by Crippen LogP contribution is -1.82. The molecule has 0 aliphatic carbocycles. The van der Waals surface area contributed by atoms with Crippen LogP contribution in [0.2, 0.25) is 0 Å². The van der Waals surface area contributed by atoms with Gasteiger partial charge in [0.1, 0.15) is 0 Å². The Balaban J connectivity index is 2.81. The standard InChI is InChI=1S/C13H16O/c1-11(10-14)8-9-12(2)13-6-4-3-5-7-13/h3-9,14H,10H2,1-2H3/b11-8+,12-9+. The molecule has 1 rings (SSSR count). The van der Waals surface area contributed by atoms with Crippen LogP contribution in [0.4, 0.5) is 0 Å². The van der Waals surface area contributed by atoms with Gasteiger partial charge in [-0.05, 0) is 30.6 Å². The van der Waals surface area contributed by atoms with Gasteiger partial charge in [0.15, 0.2) is 0 Å². The van der Waals surface area contributed by atoms with E-state index in [1.807, 2.05) is 37.3 Å². The summed E-state index contributed by atoms with van der Waals surface area (Å²) in [7, 11) is 0. The summed E-state index contributed by atoms with van der Waals surface area (Å²) in [6.07, 6.45) is 3.98. The summed E-state index contributed by atoms with van der Waals surface area (Å²) in [5.41, 5.74) is 3.40. The van der Waals surface area contributed by atoms with Gasteiger partial charge >= 0.3 is 0 Å². The van der Waals surface area contributed by atoms with Crippen molar-refractivity contribution in [2.75, 3.05) is 6.61 Å². The summed E-state index contributed by atoms with van der Waals surface area (Å²) in [5, 5.41) is 8.82. The topological polar surface area (TPSA) is 20.2 Å². The third-order valence-electron chi connectivity index (χ3n) is 2.10. The summed E-state index contributed by atoms with van der Waals surface area (Å²) in [6, 6.07) is 10.2. The van der Waals surface area contributed by atoms with Crippen LogP contribution in [0.25, 0.3) is 5.57 Å². The van der Waals surface area contributed by atoms with E-state index in [0.717, 1.165) is 5.57 Å². The van der Waals surface area contributed by atoms with E-state index >= 15 is 0 Å². The monoisotopic (exact) mass is 188 g/mol. The Hall–Kier alpha value is -1.34. The Morgan fingerprint density at radius 1 is 1.14 bits per heavy atom. The molecule has 0 saturated heterocycles. The fraction of sp³-hybridized carbons (Fsp3) is 0.231. The van der Waals surface area contributed by atoms with E-state index in [2.05, 4.69) is 19.1 Å². The Bertz CT molecular complexity index is 334. The SMILES string of the molecule is C/C(=C\C=C(/C)c1ccccc1)CO. The second-order valence-electron chi connectivity index (χ2n) is 3.39. The lowest BCUT2D eigenvalue weighted by Gasteiger charge is -1.99. The number of aliphatic hydroxyl groups is 1. The van der Waals surface area contributed by atoms with Gasteiger partial charge in [-0.2, -0.15) is 0 Å². The van der Waals surface area contributed by atoms with E-state index in [1.54, 1.807) is 0 Å². The van der Waals surface area contributed by atoms with Gasteiger partial charge in [-0.15, -0.1) is 0 Å². The van der Waals surface area contributed by atoms with E-state index in [1.165, 1.54) is 11.1 Å². The summed E-state index contributed by atoms with van der Waals surface area (Å²) < 4.78 is 0. The minimum atomic E-state index is 0.124. The van der Waals surface area contributed by atoms with Crippen LogP contribution in [-0.4, -0.2) is 11.7 Å². The highest BCUT2D eigenvalue weighted by Gasteiger charge is 1.91. The number of allylic oxidation sites excluding steroid dienone is 3. The largest absolute Gasteiger partial charge is 0.392 e. The maximum absolute atomic E-state index is 8.82. The van der Waals surface area contributed by atoms with Crippen LogP contribution < -0.4 is 0 Å². The first-order valence-electron chi connectivity index (χ1n) is 4.74. The molecule has 1 N–H and O–H groups in total. The highest BCUT2D eigenvalue weighted by Crippen LogP contribution is 2.12. The zero-order valence-electron chi connectivity index (χ0n) is 8.70. The van der Waals surface area contributed by atoms with Gasteiger partial charge in [0.25, 0.3) is 0 Å². The minimum Gasteiger partial charge on any atom is -0.392 e. The second kappa shape index (κ2) is 5.40. The van der Waals surface area contributed by atoms with E-state index in [9.17, 15) is 0 Å². The van der Waals surface area contributed by atoms with Crippen LogP contribution >= 0.6 is 0 Å². The normalized spacial score (nSPS) is 13.1. The van der Waals surface area contributed by atoms with Crippen molar-refractivity contribution in [1.82, 2.24) is 0 Å². The van der Waals surface area contributed by atoms with Crippen molar-refractivity contribution >= 4 is 5.57 Å². The molecule has 0 heterocycles. The third-order valence-corrected chi connectivity index (χ3v) is 2.10. The fourth-order valence-electron chi connectivity index (χ4n) is 1.12. The van der Waals surface area contributed by atoms with Crippen LogP contribution in [-0.2, 0) is 0 Å². The predicted octanol–water partition coefficient (Wildman–Crippen LogP) is 3.03. The van der Waals surface area contributed by atoms with E-state index in [4.69, 9.17) is 5.11 Å². The zero-order chi connectivity index (χ0) is 10.4. The van der Waals surface area contributed by atoms with E-state index in [-0.39, 0.29) is 6.61 Å². The highest BCUT2D eigenvalue weighted by atomic mass is 16.3. The molecular weight excluding hydrogens is 172 g/mol. The van der Waals surface area contributed by atoms with Crippen molar-refractivity contribution in [1.29, 1.82) is 0 Å².